The number of phenols is 1. The number of benzene rings is 1. The topological polar surface area (TPSA) is 77.5 Å². The number of nitrogens with zero attached hydrogens (tertiary/aromatic N) is 2. The average molecular weight is 346 g/mol. The van der Waals surface area contributed by atoms with Gasteiger partial charge in [-0.1, -0.05) is 0 Å². The number of hydrogen-bond donors (Lipinski definition) is 3. The van der Waals surface area contributed by atoms with E-state index in [1.54, 1.807) is 6.07 Å². The highest BCUT2D eigenvalue weighted by Gasteiger charge is 2.19. The van der Waals surface area contributed by atoms with Crippen LogP contribution in [0.2, 0.25) is 0 Å². The van der Waals surface area contributed by atoms with E-state index in [1.165, 1.54) is 11.3 Å². The van der Waals surface area contributed by atoms with Gasteiger partial charge in [0.25, 0.3) is 0 Å². The van der Waals surface area contributed by atoms with Gasteiger partial charge in [-0.15, -0.1) is 11.3 Å². The number of rotatable bonds is 3. The Morgan fingerprint density at radius 2 is 2.29 bits per heavy atom. The molecule has 1 aliphatic heterocycles. The summed E-state index contributed by atoms with van der Waals surface area (Å²) in [7, 11) is 2.07. The van der Waals surface area contributed by atoms with E-state index in [2.05, 4.69) is 27.6 Å². The lowest BCUT2D eigenvalue weighted by atomic mass is 10.1. The summed E-state index contributed by atoms with van der Waals surface area (Å²) in [6.45, 7) is 3.81. The Bertz CT molecular complexity index is 731. The van der Waals surface area contributed by atoms with Crippen LogP contribution in [0.5, 0.6) is 5.75 Å². The van der Waals surface area contributed by atoms with Crippen LogP contribution in [-0.4, -0.2) is 47.2 Å². The molecule has 6 nitrogen and oxygen atoms in total. The standard InChI is InChI=1S/C17H22N4O2S/c1-11-8-12(5-6-14(11)22)16-19-15(10-24-16)20-17(23)18-13-4-3-7-21(2)9-13/h5-6,8,10,13,22H,3-4,7,9H2,1-2H3,(H2,18,20,23)/t13-/m0/s1. The largest absolute Gasteiger partial charge is 0.508 e. The summed E-state index contributed by atoms with van der Waals surface area (Å²) in [5.41, 5.74) is 1.73. The highest BCUT2D eigenvalue weighted by molar-refractivity contribution is 7.13. The molecule has 0 aliphatic carbocycles. The maximum atomic E-state index is 12.1. The van der Waals surface area contributed by atoms with Gasteiger partial charge in [-0.3, -0.25) is 5.32 Å². The second-order valence-electron chi connectivity index (χ2n) is 6.24. The number of piperidine rings is 1. The van der Waals surface area contributed by atoms with E-state index in [4.69, 9.17) is 0 Å². The van der Waals surface area contributed by atoms with E-state index in [-0.39, 0.29) is 17.8 Å². The number of hydrogen-bond acceptors (Lipinski definition) is 5. The van der Waals surface area contributed by atoms with Crippen LogP contribution in [0.15, 0.2) is 23.6 Å². The van der Waals surface area contributed by atoms with E-state index < -0.39 is 0 Å². The van der Waals surface area contributed by atoms with Gasteiger partial charge in [-0.25, -0.2) is 9.78 Å². The number of aromatic nitrogens is 1. The average Bonchev–Trinajstić information content (AvgIpc) is 2.98. The van der Waals surface area contributed by atoms with Gasteiger partial charge in [0.15, 0.2) is 0 Å². The quantitative estimate of drug-likeness (QED) is 0.798. The second kappa shape index (κ2) is 7.19. The van der Waals surface area contributed by atoms with Gasteiger partial charge < -0.3 is 15.3 Å². The van der Waals surface area contributed by atoms with Crippen LogP contribution < -0.4 is 10.6 Å². The number of aromatic hydroxyl groups is 1. The third-order valence-corrected chi connectivity index (χ3v) is 5.04. The molecule has 0 unspecified atom stereocenters. The van der Waals surface area contributed by atoms with Crippen molar-refractivity contribution < 1.29 is 9.90 Å². The number of aryl methyl sites for hydroxylation is 1. The minimum absolute atomic E-state index is 0.182. The maximum Gasteiger partial charge on any atom is 0.320 e. The highest BCUT2D eigenvalue weighted by Crippen LogP contribution is 2.29. The SMILES string of the molecule is Cc1cc(-c2nc(NC(=O)N[C@H]3CCCN(C)C3)cs2)ccc1O. The number of likely N-dealkylation sites (tertiary alicyclic amines) is 1. The summed E-state index contributed by atoms with van der Waals surface area (Å²) in [4.78, 5) is 18.8. The number of anilines is 1. The first-order chi connectivity index (χ1) is 11.5. The molecule has 1 atom stereocenters. The highest BCUT2D eigenvalue weighted by atomic mass is 32.1. The molecule has 128 valence electrons. The zero-order valence-corrected chi connectivity index (χ0v) is 14.7. The van der Waals surface area contributed by atoms with E-state index in [0.29, 0.717) is 5.82 Å². The van der Waals surface area contributed by atoms with Crippen molar-refractivity contribution in [1.29, 1.82) is 0 Å². The Labute approximate surface area is 145 Å². The molecule has 3 N–H and O–H groups in total. The van der Waals surface area contributed by atoms with Gasteiger partial charge in [0.2, 0.25) is 0 Å². The molecule has 0 saturated carbocycles. The van der Waals surface area contributed by atoms with E-state index in [0.717, 1.165) is 42.1 Å². The zero-order chi connectivity index (χ0) is 17.1. The summed E-state index contributed by atoms with van der Waals surface area (Å²) >= 11 is 1.46. The minimum atomic E-state index is -0.214. The molecule has 1 aliphatic rings. The smallest absolute Gasteiger partial charge is 0.320 e. The molecule has 1 fully saturated rings. The predicted octanol–water partition coefficient (Wildman–Crippen LogP) is 3.04. The maximum absolute atomic E-state index is 12.1. The first-order valence-electron chi connectivity index (χ1n) is 8.03. The van der Waals surface area contributed by atoms with Crippen LogP contribution >= 0.6 is 11.3 Å². The third-order valence-electron chi connectivity index (χ3n) is 4.15. The van der Waals surface area contributed by atoms with Gasteiger partial charge in [-0.2, -0.15) is 0 Å². The van der Waals surface area contributed by atoms with E-state index in [1.807, 2.05) is 24.4 Å². The number of amides is 2. The fourth-order valence-electron chi connectivity index (χ4n) is 2.87. The van der Waals surface area contributed by atoms with E-state index >= 15 is 0 Å². The Morgan fingerprint density at radius 1 is 1.46 bits per heavy atom. The van der Waals surface area contributed by atoms with Crippen LogP contribution in [0.25, 0.3) is 10.6 Å². The molecule has 0 spiro atoms. The molecule has 0 radical (unpaired) electrons. The first-order valence-corrected chi connectivity index (χ1v) is 8.91. The monoisotopic (exact) mass is 346 g/mol. The summed E-state index contributed by atoms with van der Waals surface area (Å²) in [5.74, 6) is 0.813. The Morgan fingerprint density at radius 3 is 3.04 bits per heavy atom. The molecule has 2 heterocycles. The van der Waals surface area contributed by atoms with Gasteiger partial charge in [0.05, 0.1) is 0 Å². The van der Waals surface area contributed by atoms with Crippen LogP contribution in [0, 0.1) is 6.92 Å². The molecule has 3 rings (SSSR count). The predicted molar refractivity (Wildman–Crippen MR) is 96.6 cm³/mol. The van der Waals surface area contributed by atoms with Crippen LogP contribution in [0.3, 0.4) is 0 Å². The number of nitrogens with one attached hydrogen (secondary N) is 2. The zero-order valence-electron chi connectivity index (χ0n) is 13.9. The lowest BCUT2D eigenvalue weighted by molar-refractivity contribution is 0.216. The second-order valence-corrected chi connectivity index (χ2v) is 7.10. The Kier molecular flexibility index (Phi) is 5.01. The third kappa shape index (κ3) is 4.04. The fourth-order valence-corrected chi connectivity index (χ4v) is 3.62. The summed E-state index contributed by atoms with van der Waals surface area (Å²) < 4.78 is 0. The lowest BCUT2D eigenvalue weighted by Crippen LogP contribution is -2.47. The van der Waals surface area contributed by atoms with Crippen molar-refractivity contribution in [3.8, 4) is 16.3 Å². The molecular weight excluding hydrogens is 324 g/mol. The van der Waals surface area contributed by atoms with Crippen LogP contribution in [-0.2, 0) is 0 Å². The Balaban J connectivity index is 1.61. The van der Waals surface area contributed by atoms with Crippen molar-refractivity contribution in [3.05, 3.63) is 29.1 Å². The lowest BCUT2D eigenvalue weighted by Gasteiger charge is -2.30. The Hall–Kier alpha value is -2.12. The van der Waals surface area contributed by atoms with E-state index in [9.17, 15) is 9.90 Å². The summed E-state index contributed by atoms with van der Waals surface area (Å²) in [5, 5.41) is 18.0. The fraction of sp³-hybridized carbons (Fsp3) is 0.412. The molecule has 0 bridgehead atoms. The minimum Gasteiger partial charge on any atom is -0.508 e. The van der Waals surface area contributed by atoms with Gasteiger partial charge in [0.1, 0.15) is 16.6 Å². The molecule has 2 amide bonds. The van der Waals surface area contributed by atoms with Crippen LogP contribution in [0.1, 0.15) is 18.4 Å². The molecule has 24 heavy (non-hydrogen) atoms. The summed E-state index contributed by atoms with van der Waals surface area (Å²) in [6, 6.07) is 5.33. The molecule has 1 aromatic carbocycles. The molecule has 1 aromatic heterocycles. The number of likely N-dealkylation sites (N-methyl/N-ethyl adjacent to an activating group) is 1. The molecule has 2 aromatic rings. The number of urea groups is 1. The van der Waals surface area contributed by atoms with Gasteiger partial charge >= 0.3 is 6.03 Å². The van der Waals surface area contributed by atoms with Crippen molar-refractivity contribution in [1.82, 2.24) is 15.2 Å². The number of phenolic OH excluding ortho intramolecular Hbond substituents is 1. The van der Waals surface area contributed by atoms with Crippen molar-refractivity contribution in [2.24, 2.45) is 0 Å². The number of thiazole rings is 1. The summed E-state index contributed by atoms with van der Waals surface area (Å²) in [6.07, 6.45) is 2.11. The molecular formula is C17H22N4O2S. The molecule has 1 saturated heterocycles. The normalized spacial score (nSPS) is 18.3. The van der Waals surface area contributed by atoms with Gasteiger partial charge in [0, 0.05) is 23.5 Å². The van der Waals surface area contributed by atoms with Crippen molar-refractivity contribution in [2.75, 3.05) is 25.5 Å². The number of carbonyl (C=O) groups is 1. The van der Waals surface area contributed by atoms with Crippen molar-refractivity contribution in [2.45, 2.75) is 25.8 Å². The number of carbonyl (C=O) groups excluding carboxylic acids is 1. The van der Waals surface area contributed by atoms with Crippen molar-refractivity contribution >= 4 is 23.2 Å². The van der Waals surface area contributed by atoms with Gasteiger partial charge in [-0.05, 0) is 57.1 Å². The van der Waals surface area contributed by atoms with Crippen LogP contribution in [0.4, 0.5) is 10.6 Å². The van der Waals surface area contributed by atoms with Crippen molar-refractivity contribution in [3.63, 3.8) is 0 Å². The molecule has 7 heteroatoms. The first kappa shape index (κ1) is 16.7.